The summed E-state index contributed by atoms with van der Waals surface area (Å²) in [5.41, 5.74) is 2.47. The first-order valence-corrected chi connectivity index (χ1v) is 4.53. The summed E-state index contributed by atoms with van der Waals surface area (Å²) in [6, 6.07) is 8.11. The fourth-order valence-electron chi connectivity index (χ4n) is 1.19. The highest BCUT2D eigenvalue weighted by Crippen LogP contribution is 2.07. The predicted octanol–water partition coefficient (Wildman–Crippen LogP) is 2.27. The van der Waals surface area contributed by atoms with Crippen molar-refractivity contribution >= 4 is 5.97 Å². The number of carbonyl (C=O) groups is 1. The molecule has 2 heteroatoms. The Morgan fingerprint density at radius 1 is 1.43 bits per heavy atom. The smallest absolute Gasteiger partial charge is 0.330 e. The molecule has 0 saturated carbocycles. The Morgan fingerprint density at radius 2 is 2.14 bits per heavy atom. The van der Waals surface area contributed by atoms with Gasteiger partial charge in [-0.05, 0) is 24.5 Å². The van der Waals surface area contributed by atoms with Crippen LogP contribution in [-0.2, 0) is 16.0 Å². The van der Waals surface area contributed by atoms with Crippen molar-refractivity contribution in [2.45, 2.75) is 13.3 Å². The Labute approximate surface area is 84.2 Å². The minimum atomic E-state index is -0.307. The summed E-state index contributed by atoms with van der Waals surface area (Å²) in [5, 5.41) is 0. The van der Waals surface area contributed by atoms with Crippen molar-refractivity contribution in [3.05, 3.63) is 47.5 Å². The van der Waals surface area contributed by atoms with Crippen LogP contribution in [0, 0.1) is 6.92 Å². The van der Waals surface area contributed by atoms with E-state index < -0.39 is 0 Å². The molecule has 0 radical (unpaired) electrons. The molecule has 74 valence electrons. The highest BCUT2D eigenvalue weighted by molar-refractivity contribution is 5.81. The van der Waals surface area contributed by atoms with Crippen LogP contribution in [0.2, 0.25) is 0 Å². The molecular weight excluding hydrogens is 176 g/mol. The highest BCUT2D eigenvalue weighted by atomic mass is 16.5. The van der Waals surface area contributed by atoms with Gasteiger partial charge in [0, 0.05) is 6.08 Å². The summed E-state index contributed by atoms with van der Waals surface area (Å²) in [6.07, 6.45) is 4.03. The molecule has 0 N–H and O–H groups in total. The largest absolute Gasteiger partial charge is 0.466 e. The predicted molar refractivity (Wildman–Crippen MR) is 56.0 cm³/mol. The number of allylic oxidation sites excluding steroid dienone is 1. The molecule has 0 aliphatic heterocycles. The summed E-state index contributed by atoms with van der Waals surface area (Å²) in [7, 11) is 1.38. The van der Waals surface area contributed by atoms with Crippen LogP contribution in [0.15, 0.2) is 36.4 Å². The number of rotatable bonds is 3. The van der Waals surface area contributed by atoms with Crippen molar-refractivity contribution < 1.29 is 9.53 Å². The Bertz CT molecular complexity index is 340. The molecule has 0 amide bonds. The SMILES string of the molecule is COC(=O)/C=C\Cc1ccccc1C. The number of carbonyl (C=O) groups excluding carboxylic acids is 1. The topological polar surface area (TPSA) is 26.3 Å². The van der Waals surface area contributed by atoms with E-state index in [0.29, 0.717) is 0 Å². The summed E-state index contributed by atoms with van der Waals surface area (Å²) < 4.78 is 4.49. The molecule has 0 unspecified atom stereocenters. The summed E-state index contributed by atoms with van der Waals surface area (Å²) in [5.74, 6) is -0.307. The Morgan fingerprint density at radius 3 is 2.79 bits per heavy atom. The average molecular weight is 190 g/mol. The molecule has 0 heterocycles. The fourth-order valence-corrected chi connectivity index (χ4v) is 1.19. The molecule has 0 atom stereocenters. The standard InChI is InChI=1S/C12H14O2/c1-10-6-3-4-7-11(10)8-5-9-12(13)14-2/h3-7,9H,8H2,1-2H3/b9-5-. The quantitative estimate of drug-likeness (QED) is 0.540. The number of hydrogen-bond acceptors (Lipinski definition) is 2. The summed E-state index contributed by atoms with van der Waals surface area (Å²) in [6.45, 7) is 2.06. The van der Waals surface area contributed by atoms with E-state index in [1.165, 1.54) is 24.3 Å². The van der Waals surface area contributed by atoms with Gasteiger partial charge in [0.1, 0.15) is 0 Å². The molecule has 14 heavy (non-hydrogen) atoms. The van der Waals surface area contributed by atoms with Crippen LogP contribution in [-0.4, -0.2) is 13.1 Å². The molecule has 0 spiro atoms. The molecule has 1 rings (SSSR count). The molecule has 0 aromatic heterocycles. The molecule has 2 nitrogen and oxygen atoms in total. The third kappa shape index (κ3) is 3.05. The zero-order valence-electron chi connectivity index (χ0n) is 8.49. The van der Waals surface area contributed by atoms with E-state index in [4.69, 9.17) is 0 Å². The second-order valence-electron chi connectivity index (χ2n) is 3.06. The monoisotopic (exact) mass is 190 g/mol. The van der Waals surface area contributed by atoms with Crippen molar-refractivity contribution in [1.29, 1.82) is 0 Å². The zero-order valence-corrected chi connectivity index (χ0v) is 8.49. The van der Waals surface area contributed by atoms with Gasteiger partial charge in [0.15, 0.2) is 0 Å². The molecule has 0 aliphatic carbocycles. The maximum Gasteiger partial charge on any atom is 0.330 e. The van der Waals surface area contributed by atoms with Gasteiger partial charge in [-0.3, -0.25) is 0 Å². The summed E-state index contributed by atoms with van der Waals surface area (Å²) in [4.78, 5) is 10.8. The van der Waals surface area contributed by atoms with Gasteiger partial charge in [0.05, 0.1) is 7.11 Å². The number of benzene rings is 1. The minimum Gasteiger partial charge on any atom is -0.466 e. The lowest BCUT2D eigenvalue weighted by Gasteiger charge is -2.00. The number of ether oxygens (including phenoxy) is 1. The normalized spacial score (nSPS) is 10.4. The lowest BCUT2D eigenvalue weighted by molar-refractivity contribution is -0.134. The molecule has 0 bridgehead atoms. The summed E-state index contributed by atoms with van der Waals surface area (Å²) >= 11 is 0. The van der Waals surface area contributed by atoms with Gasteiger partial charge >= 0.3 is 5.97 Å². The number of hydrogen-bond donors (Lipinski definition) is 0. The van der Waals surface area contributed by atoms with Gasteiger partial charge < -0.3 is 4.74 Å². The first kappa shape index (κ1) is 10.5. The Hall–Kier alpha value is -1.57. The van der Waals surface area contributed by atoms with Crippen LogP contribution in [0.4, 0.5) is 0 Å². The first-order chi connectivity index (χ1) is 6.74. The first-order valence-electron chi connectivity index (χ1n) is 4.53. The van der Waals surface area contributed by atoms with E-state index in [1.807, 2.05) is 18.2 Å². The molecule has 0 fully saturated rings. The second-order valence-corrected chi connectivity index (χ2v) is 3.06. The van der Waals surface area contributed by atoms with Gasteiger partial charge in [-0.1, -0.05) is 30.3 Å². The van der Waals surface area contributed by atoms with E-state index in [1.54, 1.807) is 0 Å². The van der Waals surface area contributed by atoms with E-state index in [2.05, 4.69) is 23.8 Å². The molecule has 1 aromatic carbocycles. The zero-order chi connectivity index (χ0) is 10.4. The highest BCUT2D eigenvalue weighted by Gasteiger charge is 1.94. The lowest BCUT2D eigenvalue weighted by atomic mass is 10.1. The van der Waals surface area contributed by atoms with Crippen molar-refractivity contribution in [3.63, 3.8) is 0 Å². The van der Waals surface area contributed by atoms with E-state index in [-0.39, 0.29) is 5.97 Å². The third-order valence-corrected chi connectivity index (χ3v) is 2.05. The van der Waals surface area contributed by atoms with E-state index >= 15 is 0 Å². The van der Waals surface area contributed by atoms with Crippen LogP contribution in [0.25, 0.3) is 0 Å². The van der Waals surface area contributed by atoms with Gasteiger partial charge in [-0.2, -0.15) is 0 Å². The van der Waals surface area contributed by atoms with Crippen molar-refractivity contribution in [1.82, 2.24) is 0 Å². The Balaban J connectivity index is 2.58. The third-order valence-electron chi connectivity index (χ3n) is 2.05. The lowest BCUT2D eigenvalue weighted by Crippen LogP contribution is -1.94. The average Bonchev–Trinajstić information content (AvgIpc) is 2.20. The van der Waals surface area contributed by atoms with Crippen LogP contribution in [0.3, 0.4) is 0 Å². The molecule has 1 aromatic rings. The number of esters is 1. The minimum absolute atomic E-state index is 0.307. The van der Waals surface area contributed by atoms with Crippen molar-refractivity contribution in [2.75, 3.05) is 7.11 Å². The number of aryl methyl sites for hydroxylation is 1. The van der Waals surface area contributed by atoms with E-state index in [0.717, 1.165) is 6.42 Å². The van der Waals surface area contributed by atoms with Gasteiger partial charge in [-0.15, -0.1) is 0 Å². The maximum atomic E-state index is 10.8. The van der Waals surface area contributed by atoms with Crippen LogP contribution < -0.4 is 0 Å². The van der Waals surface area contributed by atoms with Crippen molar-refractivity contribution in [3.8, 4) is 0 Å². The van der Waals surface area contributed by atoms with Gasteiger partial charge in [0.2, 0.25) is 0 Å². The van der Waals surface area contributed by atoms with Crippen molar-refractivity contribution in [2.24, 2.45) is 0 Å². The second kappa shape index (κ2) is 5.22. The van der Waals surface area contributed by atoms with Gasteiger partial charge in [0.25, 0.3) is 0 Å². The Kier molecular flexibility index (Phi) is 3.92. The molecule has 0 saturated heterocycles. The van der Waals surface area contributed by atoms with Crippen LogP contribution in [0.5, 0.6) is 0 Å². The van der Waals surface area contributed by atoms with Gasteiger partial charge in [-0.25, -0.2) is 4.79 Å². The molecular formula is C12H14O2. The molecule has 0 aliphatic rings. The maximum absolute atomic E-state index is 10.8. The van der Waals surface area contributed by atoms with Crippen LogP contribution >= 0.6 is 0 Å². The van der Waals surface area contributed by atoms with Crippen LogP contribution in [0.1, 0.15) is 11.1 Å². The number of methoxy groups -OCH3 is 1. The fraction of sp³-hybridized carbons (Fsp3) is 0.250. The van der Waals surface area contributed by atoms with E-state index in [9.17, 15) is 4.79 Å².